The normalized spacial score (nSPS) is 21.8. The summed E-state index contributed by atoms with van der Waals surface area (Å²) in [5.41, 5.74) is 7.34. The number of hydrogen-bond acceptors (Lipinski definition) is 3. The molecule has 0 saturated heterocycles. The summed E-state index contributed by atoms with van der Waals surface area (Å²) >= 11 is 0. The van der Waals surface area contributed by atoms with Crippen LogP contribution in [-0.2, 0) is 0 Å². The molecule has 1 aromatic carbocycles. The van der Waals surface area contributed by atoms with Crippen molar-refractivity contribution in [3.63, 3.8) is 0 Å². The molecule has 4 heteroatoms. The third-order valence-corrected chi connectivity index (χ3v) is 7.25. The Morgan fingerprint density at radius 3 is 2.86 bits per heavy atom. The van der Waals surface area contributed by atoms with E-state index in [0.717, 1.165) is 21.9 Å². The fourth-order valence-electron chi connectivity index (χ4n) is 3.15. The summed E-state index contributed by atoms with van der Waals surface area (Å²) in [5.74, 6) is 0. The summed E-state index contributed by atoms with van der Waals surface area (Å²) < 4.78 is 6.16. The molecule has 0 aliphatic carbocycles. The van der Waals surface area contributed by atoms with Gasteiger partial charge >= 0.3 is 0 Å². The Balaban J connectivity index is 2.04. The molecule has 0 radical (unpaired) electrons. The Hall–Kier alpha value is -2.07. The van der Waals surface area contributed by atoms with Gasteiger partial charge < -0.3 is 9.32 Å². The van der Waals surface area contributed by atoms with Crippen LogP contribution in [0.5, 0.6) is 0 Å². The van der Waals surface area contributed by atoms with Crippen LogP contribution in [0.2, 0.25) is 6.55 Å². The minimum absolute atomic E-state index is 0.584. The average molecular weight is 294 g/mol. The molecule has 4 rings (SSSR count). The first-order valence-corrected chi connectivity index (χ1v) is 9.88. The third kappa shape index (κ3) is 1.75. The molecule has 1 aliphatic heterocycles. The van der Waals surface area contributed by atoms with E-state index < -0.39 is 8.80 Å². The first kappa shape index (κ1) is 12.7. The van der Waals surface area contributed by atoms with Gasteiger partial charge in [-0.1, -0.05) is 24.4 Å². The summed E-state index contributed by atoms with van der Waals surface area (Å²) in [6.45, 7) is 6.86. The highest BCUT2D eigenvalue weighted by Gasteiger charge is 2.27. The molecule has 0 saturated carbocycles. The summed E-state index contributed by atoms with van der Waals surface area (Å²) in [6, 6.07) is 6.27. The van der Waals surface area contributed by atoms with E-state index in [0.29, 0.717) is 5.67 Å². The maximum absolute atomic E-state index is 6.16. The number of pyridine rings is 1. The highest BCUT2D eigenvalue weighted by Crippen LogP contribution is 2.39. The molecule has 0 fully saturated rings. The highest BCUT2D eigenvalue weighted by atomic mass is 28.3. The molecule has 3 heterocycles. The molecule has 1 aliphatic rings. The molecule has 21 heavy (non-hydrogen) atoms. The van der Waals surface area contributed by atoms with Crippen molar-refractivity contribution in [2.45, 2.75) is 26.1 Å². The largest absolute Gasteiger partial charge is 0.454 e. The van der Waals surface area contributed by atoms with Gasteiger partial charge in [0, 0.05) is 28.8 Å². The fraction of sp³-hybridized carbons (Fsp3) is 0.235. The molecule has 106 valence electrons. The molecule has 3 nitrogen and oxygen atoms in total. The van der Waals surface area contributed by atoms with Crippen molar-refractivity contribution in [2.24, 2.45) is 0 Å². The van der Waals surface area contributed by atoms with E-state index in [9.17, 15) is 0 Å². The van der Waals surface area contributed by atoms with E-state index >= 15 is 0 Å². The van der Waals surface area contributed by atoms with Crippen molar-refractivity contribution in [2.75, 3.05) is 4.90 Å². The van der Waals surface area contributed by atoms with Gasteiger partial charge in [0.1, 0.15) is 5.58 Å². The number of aromatic nitrogens is 1. The Morgan fingerprint density at radius 2 is 2.10 bits per heavy atom. The number of anilines is 1. The minimum atomic E-state index is -0.816. The smallest absolute Gasteiger partial charge is 0.159 e. The minimum Gasteiger partial charge on any atom is -0.454 e. The molecule has 0 bridgehead atoms. The zero-order valence-corrected chi connectivity index (χ0v) is 13.7. The van der Waals surface area contributed by atoms with E-state index in [2.05, 4.69) is 54.3 Å². The predicted octanol–water partition coefficient (Wildman–Crippen LogP) is 3.95. The quantitative estimate of drug-likeness (QED) is 0.636. The van der Waals surface area contributed by atoms with Gasteiger partial charge in [0.15, 0.2) is 5.58 Å². The summed E-state index contributed by atoms with van der Waals surface area (Å²) in [5, 5.41) is 2.25. The summed E-state index contributed by atoms with van der Waals surface area (Å²) in [7, 11) is -0.816. The van der Waals surface area contributed by atoms with E-state index in [4.69, 9.17) is 4.42 Å². The van der Waals surface area contributed by atoms with E-state index in [1.54, 1.807) is 6.20 Å². The van der Waals surface area contributed by atoms with Gasteiger partial charge in [0.05, 0.1) is 14.5 Å². The number of aryl methyl sites for hydroxylation is 1. The molecule has 3 aromatic rings. The van der Waals surface area contributed by atoms with Crippen molar-refractivity contribution in [1.82, 2.24) is 4.98 Å². The molecule has 0 amide bonds. The van der Waals surface area contributed by atoms with Gasteiger partial charge in [-0.05, 0) is 31.7 Å². The standard InChI is InChI=1S/C17H18N2OSi/c1-11-4-5-13-14-10-18-7-6-15(14)20-17(13)16(11)19-8-9-21(3)12(19)2/h4-10,12,21H,1-3H3/t12-,21?/m1/s1. The van der Waals surface area contributed by atoms with Crippen LogP contribution in [0.15, 0.2) is 46.9 Å². The lowest BCUT2D eigenvalue weighted by Crippen LogP contribution is -2.33. The van der Waals surface area contributed by atoms with Gasteiger partial charge in [-0.15, -0.1) is 0 Å². The zero-order valence-electron chi connectivity index (χ0n) is 12.5. The van der Waals surface area contributed by atoms with Crippen LogP contribution in [0.3, 0.4) is 0 Å². The fourth-order valence-corrected chi connectivity index (χ4v) is 4.68. The predicted molar refractivity (Wildman–Crippen MR) is 90.3 cm³/mol. The lowest BCUT2D eigenvalue weighted by atomic mass is 10.1. The Bertz CT molecular complexity index is 868. The molecule has 2 aromatic heterocycles. The molecular formula is C17H18N2OSi. The first-order valence-electron chi connectivity index (χ1n) is 7.39. The monoisotopic (exact) mass is 294 g/mol. The summed E-state index contributed by atoms with van der Waals surface area (Å²) in [4.78, 5) is 6.62. The van der Waals surface area contributed by atoms with Crippen molar-refractivity contribution >= 4 is 36.4 Å². The third-order valence-electron chi connectivity index (χ3n) is 4.62. The second kappa shape index (κ2) is 4.46. The van der Waals surface area contributed by atoms with Gasteiger partial charge in [-0.3, -0.25) is 4.98 Å². The number of hydrogen-bond donors (Lipinski definition) is 0. The Morgan fingerprint density at radius 1 is 1.24 bits per heavy atom. The van der Waals surface area contributed by atoms with Crippen LogP contribution in [-0.4, -0.2) is 19.4 Å². The van der Waals surface area contributed by atoms with Crippen LogP contribution in [0.1, 0.15) is 12.5 Å². The Kier molecular flexibility index (Phi) is 2.69. The van der Waals surface area contributed by atoms with Crippen molar-refractivity contribution in [1.29, 1.82) is 0 Å². The SMILES string of the molecule is Cc1ccc2c(oc3ccncc32)c1N1C=C[SiH](C)[C@@H]1C. The summed E-state index contributed by atoms with van der Waals surface area (Å²) in [6.07, 6.45) is 5.92. The second-order valence-electron chi connectivity index (χ2n) is 5.93. The van der Waals surface area contributed by atoms with Gasteiger partial charge in [-0.25, -0.2) is 0 Å². The van der Waals surface area contributed by atoms with Crippen LogP contribution in [0.4, 0.5) is 5.69 Å². The maximum atomic E-state index is 6.16. The van der Waals surface area contributed by atoms with Crippen LogP contribution >= 0.6 is 0 Å². The number of furan rings is 1. The molecule has 0 N–H and O–H groups in total. The zero-order chi connectivity index (χ0) is 14.6. The first-order chi connectivity index (χ1) is 10.2. The van der Waals surface area contributed by atoms with E-state index in [1.165, 1.54) is 11.3 Å². The second-order valence-corrected chi connectivity index (χ2v) is 9.00. The molecule has 0 spiro atoms. The lowest BCUT2D eigenvalue weighted by Gasteiger charge is -2.26. The van der Waals surface area contributed by atoms with Crippen molar-refractivity contribution in [3.8, 4) is 0 Å². The number of rotatable bonds is 1. The van der Waals surface area contributed by atoms with Crippen LogP contribution in [0.25, 0.3) is 21.9 Å². The van der Waals surface area contributed by atoms with Gasteiger partial charge in [0.25, 0.3) is 0 Å². The lowest BCUT2D eigenvalue weighted by molar-refractivity contribution is 0.666. The van der Waals surface area contributed by atoms with Crippen molar-refractivity contribution < 1.29 is 4.42 Å². The number of fused-ring (bicyclic) bond motifs is 3. The maximum Gasteiger partial charge on any atom is 0.159 e. The van der Waals surface area contributed by atoms with Gasteiger partial charge in [0.2, 0.25) is 0 Å². The topological polar surface area (TPSA) is 29.3 Å². The molecule has 1 unspecified atom stereocenters. The van der Waals surface area contributed by atoms with Crippen LogP contribution in [0, 0.1) is 6.92 Å². The van der Waals surface area contributed by atoms with Crippen molar-refractivity contribution in [3.05, 3.63) is 48.1 Å². The number of benzene rings is 1. The van der Waals surface area contributed by atoms with E-state index in [-0.39, 0.29) is 0 Å². The highest BCUT2D eigenvalue weighted by molar-refractivity contribution is 6.66. The average Bonchev–Trinajstić information content (AvgIpc) is 3.01. The van der Waals surface area contributed by atoms with Gasteiger partial charge in [-0.2, -0.15) is 0 Å². The Labute approximate surface area is 125 Å². The van der Waals surface area contributed by atoms with E-state index in [1.807, 2.05) is 12.3 Å². The molecular weight excluding hydrogens is 276 g/mol. The molecule has 2 atom stereocenters. The number of nitrogens with zero attached hydrogens (tertiary/aromatic N) is 2. The van der Waals surface area contributed by atoms with Crippen LogP contribution < -0.4 is 4.90 Å².